The standard InChI is InChI=1S/C10H12O6S/c1-17(15,16)7-4-2-3-6(5-7)8(11)9(12)10(13)14/h2-5,8-9,11-12H,1H3,(H,13,14). The number of aliphatic hydroxyl groups is 2. The van der Waals surface area contributed by atoms with E-state index in [1.54, 1.807) is 0 Å². The quantitative estimate of drug-likeness (QED) is 0.677. The first kappa shape index (κ1) is 13.6. The maximum atomic E-state index is 11.3. The number of carboxylic acids is 1. The van der Waals surface area contributed by atoms with Crippen LogP contribution in [0.5, 0.6) is 0 Å². The Bertz CT molecular complexity index is 521. The van der Waals surface area contributed by atoms with Gasteiger partial charge in [-0.25, -0.2) is 13.2 Å². The molecule has 0 aliphatic rings. The zero-order valence-corrected chi connectivity index (χ0v) is 9.76. The predicted octanol–water partition coefficient (Wildman–Crippen LogP) is -0.431. The Morgan fingerprint density at radius 1 is 1.29 bits per heavy atom. The van der Waals surface area contributed by atoms with E-state index in [1.807, 2.05) is 0 Å². The van der Waals surface area contributed by atoms with Crippen molar-refractivity contribution in [1.82, 2.24) is 0 Å². The van der Waals surface area contributed by atoms with E-state index in [-0.39, 0.29) is 10.5 Å². The van der Waals surface area contributed by atoms with Crippen molar-refractivity contribution >= 4 is 15.8 Å². The number of hydrogen-bond donors (Lipinski definition) is 3. The summed E-state index contributed by atoms with van der Waals surface area (Å²) >= 11 is 0. The molecular formula is C10H12O6S. The summed E-state index contributed by atoms with van der Waals surface area (Å²) in [7, 11) is -3.44. The molecule has 6 nitrogen and oxygen atoms in total. The monoisotopic (exact) mass is 260 g/mol. The van der Waals surface area contributed by atoms with Crippen molar-refractivity contribution in [2.24, 2.45) is 0 Å². The number of aliphatic hydroxyl groups excluding tert-OH is 2. The zero-order chi connectivity index (χ0) is 13.2. The van der Waals surface area contributed by atoms with Crippen LogP contribution in [0.15, 0.2) is 29.2 Å². The smallest absolute Gasteiger partial charge is 0.335 e. The molecule has 2 unspecified atom stereocenters. The van der Waals surface area contributed by atoms with Crippen LogP contribution in [0.4, 0.5) is 0 Å². The second kappa shape index (κ2) is 4.82. The van der Waals surface area contributed by atoms with Crippen LogP contribution in [-0.4, -0.2) is 42.1 Å². The van der Waals surface area contributed by atoms with Crippen molar-refractivity contribution in [3.63, 3.8) is 0 Å². The van der Waals surface area contributed by atoms with Gasteiger partial charge in [0.1, 0.15) is 6.10 Å². The number of benzene rings is 1. The van der Waals surface area contributed by atoms with Gasteiger partial charge >= 0.3 is 5.97 Å². The minimum atomic E-state index is -3.44. The fourth-order valence-electron chi connectivity index (χ4n) is 1.25. The molecule has 0 spiro atoms. The zero-order valence-electron chi connectivity index (χ0n) is 8.94. The predicted molar refractivity (Wildman–Crippen MR) is 58.2 cm³/mol. The van der Waals surface area contributed by atoms with Gasteiger partial charge in [-0.3, -0.25) is 0 Å². The average Bonchev–Trinajstić information content (AvgIpc) is 2.26. The topological polar surface area (TPSA) is 112 Å². The van der Waals surface area contributed by atoms with Crippen LogP contribution in [0.3, 0.4) is 0 Å². The number of carbonyl (C=O) groups is 1. The normalized spacial score (nSPS) is 15.2. The van der Waals surface area contributed by atoms with E-state index in [4.69, 9.17) is 10.2 Å². The van der Waals surface area contributed by atoms with Crippen LogP contribution in [-0.2, 0) is 14.6 Å². The maximum absolute atomic E-state index is 11.3. The molecule has 0 aromatic heterocycles. The SMILES string of the molecule is CS(=O)(=O)c1cccc(C(O)C(O)C(=O)O)c1. The Hall–Kier alpha value is -1.44. The summed E-state index contributed by atoms with van der Waals surface area (Å²) in [5.41, 5.74) is 0.0304. The van der Waals surface area contributed by atoms with Crippen LogP contribution >= 0.6 is 0 Å². The summed E-state index contributed by atoms with van der Waals surface area (Å²) in [5.74, 6) is -1.58. The molecule has 17 heavy (non-hydrogen) atoms. The van der Waals surface area contributed by atoms with Gasteiger partial charge in [-0.15, -0.1) is 0 Å². The molecule has 0 aliphatic heterocycles. The summed E-state index contributed by atoms with van der Waals surface area (Å²) in [4.78, 5) is 10.4. The van der Waals surface area contributed by atoms with E-state index >= 15 is 0 Å². The lowest BCUT2D eigenvalue weighted by Crippen LogP contribution is -2.27. The van der Waals surface area contributed by atoms with E-state index in [0.29, 0.717) is 0 Å². The molecular weight excluding hydrogens is 248 g/mol. The molecule has 1 rings (SSSR count). The minimum absolute atomic E-state index is 0.0304. The maximum Gasteiger partial charge on any atom is 0.335 e. The number of hydrogen-bond acceptors (Lipinski definition) is 5. The lowest BCUT2D eigenvalue weighted by molar-refractivity contribution is -0.153. The molecule has 0 heterocycles. The van der Waals surface area contributed by atoms with E-state index in [0.717, 1.165) is 12.3 Å². The third kappa shape index (κ3) is 3.26. The van der Waals surface area contributed by atoms with E-state index in [2.05, 4.69) is 0 Å². The molecule has 0 saturated carbocycles. The molecule has 0 saturated heterocycles. The van der Waals surface area contributed by atoms with Crippen molar-refractivity contribution in [2.45, 2.75) is 17.1 Å². The molecule has 1 aromatic carbocycles. The highest BCUT2D eigenvalue weighted by Gasteiger charge is 2.25. The molecule has 0 radical (unpaired) electrons. The molecule has 0 bridgehead atoms. The van der Waals surface area contributed by atoms with E-state index < -0.39 is 28.0 Å². The molecule has 0 fully saturated rings. The highest BCUT2D eigenvalue weighted by atomic mass is 32.2. The molecule has 7 heteroatoms. The van der Waals surface area contributed by atoms with Gasteiger partial charge in [0, 0.05) is 6.26 Å². The van der Waals surface area contributed by atoms with Crippen LogP contribution < -0.4 is 0 Å². The summed E-state index contributed by atoms with van der Waals surface area (Å²) in [6.07, 6.45) is -2.68. The molecule has 0 amide bonds. The summed E-state index contributed by atoms with van der Waals surface area (Å²) in [6, 6.07) is 5.15. The molecule has 1 aromatic rings. The van der Waals surface area contributed by atoms with Crippen molar-refractivity contribution in [3.8, 4) is 0 Å². The van der Waals surface area contributed by atoms with Crippen molar-refractivity contribution in [2.75, 3.05) is 6.26 Å². The van der Waals surface area contributed by atoms with Crippen LogP contribution in [0.25, 0.3) is 0 Å². The highest BCUT2D eigenvalue weighted by molar-refractivity contribution is 7.90. The third-order valence-corrected chi connectivity index (χ3v) is 3.29. The number of rotatable bonds is 4. The first-order chi connectivity index (χ1) is 7.73. The van der Waals surface area contributed by atoms with Gasteiger partial charge in [0.25, 0.3) is 0 Å². The molecule has 94 valence electrons. The van der Waals surface area contributed by atoms with Crippen molar-refractivity contribution in [1.29, 1.82) is 0 Å². The Labute approximate surface area is 98.1 Å². The number of carboxylic acid groups (broad SMARTS) is 1. The number of sulfone groups is 1. The largest absolute Gasteiger partial charge is 0.479 e. The first-order valence-corrected chi connectivity index (χ1v) is 6.51. The van der Waals surface area contributed by atoms with Crippen molar-refractivity contribution in [3.05, 3.63) is 29.8 Å². The summed E-state index contributed by atoms with van der Waals surface area (Å²) < 4.78 is 22.5. The fraction of sp³-hybridized carbons (Fsp3) is 0.300. The lowest BCUT2D eigenvalue weighted by atomic mass is 10.0. The van der Waals surface area contributed by atoms with Gasteiger partial charge < -0.3 is 15.3 Å². The summed E-state index contributed by atoms with van der Waals surface area (Å²) in [6.45, 7) is 0. The second-order valence-corrected chi connectivity index (χ2v) is 5.59. The Kier molecular flexibility index (Phi) is 3.87. The molecule has 3 N–H and O–H groups in total. The lowest BCUT2D eigenvalue weighted by Gasteiger charge is -2.14. The second-order valence-electron chi connectivity index (χ2n) is 3.57. The molecule has 2 atom stereocenters. The van der Waals surface area contributed by atoms with Crippen LogP contribution in [0, 0.1) is 0 Å². The minimum Gasteiger partial charge on any atom is -0.479 e. The highest BCUT2D eigenvalue weighted by Crippen LogP contribution is 2.20. The van der Waals surface area contributed by atoms with Crippen molar-refractivity contribution < 1.29 is 28.5 Å². The summed E-state index contributed by atoms with van der Waals surface area (Å²) in [5, 5.41) is 27.2. The van der Waals surface area contributed by atoms with Crippen LogP contribution in [0.2, 0.25) is 0 Å². The van der Waals surface area contributed by atoms with Crippen LogP contribution in [0.1, 0.15) is 11.7 Å². The average molecular weight is 260 g/mol. The van der Waals surface area contributed by atoms with Gasteiger partial charge in [-0.2, -0.15) is 0 Å². The van der Waals surface area contributed by atoms with Gasteiger partial charge in [0.05, 0.1) is 4.90 Å². The third-order valence-electron chi connectivity index (χ3n) is 2.18. The number of aliphatic carboxylic acids is 1. The van der Waals surface area contributed by atoms with E-state index in [9.17, 15) is 18.3 Å². The fourth-order valence-corrected chi connectivity index (χ4v) is 1.92. The van der Waals surface area contributed by atoms with Gasteiger partial charge in [-0.05, 0) is 17.7 Å². The van der Waals surface area contributed by atoms with E-state index in [1.165, 1.54) is 18.2 Å². The van der Waals surface area contributed by atoms with Gasteiger partial charge in [-0.1, -0.05) is 12.1 Å². The van der Waals surface area contributed by atoms with Gasteiger partial charge in [0.15, 0.2) is 15.9 Å². The Morgan fingerprint density at radius 2 is 1.88 bits per heavy atom. The Balaban J connectivity index is 3.12. The first-order valence-electron chi connectivity index (χ1n) is 4.62. The molecule has 0 aliphatic carbocycles. The van der Waals surface area contributed by atoms with Gasteiger partial charge in [0.2, 0.25) is 0 Å². The Morgan fingerprint density at radius 3 is 2.35 bits per heavy atom.